The lowest BCUT2D eigenvalue weighted by Gasteiger charge is -2.03. The first-order chi connectivity index (χ1) is 7.69. The molecule has 0 aliphatic carbocycles. The molecule has 0 unspecified atom stereocenters. The van der Waals surface area contributed by atoms with Crippen molar-refractivity contribution in [3.63, 3.8) is 0 Å². The second kappa shape index (κ2) is 5.85. The molecule has 5 nitrogen and oxygen atoms in total. The Labute approximate surface area is 94.3 Å². The van der Waals surface area contributed by atoms with Gasteiger partial charge < -0.3 is 10.6 Å². The molecule has 86 valence electrons. The van der Waals surface area contributed by atoms with Crippen molar-refractivity contribution < 1.29 is 9.59 Å². The Bertz CT molecular complexity index is 336. The number of nitrogens with one attached hydrogen (secondary N) is 2. The van der Waals surface area contributed by atoms with E-state index in [4.69, 9.17) is 0 Å². The predicted molar refractivity (Wildman–Crippen MR) is 60.3 cm³/mol. The van der Waals surface area contributed by atoms with Crippen molar-refractivity contribution in [2.24, 2.45) is 0 Å². The summed E-state index contributed by atoms with van der Waals surface area (Å²) >= 11 is 0. The number of aromatic nitrogens is 1. The molecule has 5 heteroatoms. The van der Waals surface area contributed by atoms with Crippen LogP contribution in [0.3, 0.4) is 0 Å². The van der Waals surface area contributed by atoms with Crippen LogP contribution in [-0.4, -0.2) is 29.9 Å². The fourth-order valence-corrected chi connectivity index (χ4v) is 1.18. The van der Waals surface area contributed by atoms with E-state index in [1.807, 2.05) is 13.8 Å². The molecule has 1 aromatic rings. The van der Waals surface area contributed by atoms with E-state index in [1.54, 1.807) is 6.07 Å². The van der Waals surface area contributed by atoms with E-state index in [-0.39, 0.29) is 11.8 Å². The smallest absolute Gasteiger partial charge is 0.269 e. The Kier molecular flexibility index (Phi) is 4.44. The summed E-state index contributed by atoms with van der Waals surface area (Å²) in [6.45, 7) is 4.80. The highest BCUT2D eigenvalue weighted by atomic mass is 16.2. The van der Waals surface area contributed by atoms with Crippen molar-refractivity contribution in [3.05, 3.63) is 29.6 Å². The summed E-state index contributed by atoms with van der Waals surface area (Å²) in [6, 6.07) is 3.12. The quantitative estimate of drug-likeness (QED) is 0.781. The van der Waals surface area contributed by atoms with Gasteiger partial charge >= 0.3 is 0 Å². The molecular weight excluding hydrogens is 206 g/mol. The van der Waals surface area contributed by atoms with E-state index >= 15 is 0 Å². The van der Waals surface area contributed by atoms with Crippen LogP contribution in [0.15, 0.2) is 18.3 Å². The van der Waals surface area contributed by atoms with Crippen LogP contribution in [0.1, 0.15) is 34.7 Å². The Morgan fingerprint density at radius 2 is 1.75 bits per heavy atom. The van der Waals surface area contributed by atoms with Crippen molar-refractivity contribution in [2.45, 2.75) is 13.8 Å². The van der Waals surface area contributed by atoms with Crippen LogP contribution >= 0.6 is 0 Å². The van der Waals surface area contributed by atoms with Gasteiger partial charge in [-0.1, -0.05) is 0 Å². The van der Waals surface area contributed by atoms with Crippen molar-refractivity contribution in [1.82, 2.24) is 15.6 Å². The summed E-state index contributed by atoms with van der Waals surface area (Å²) in [4.78, 5) is 26.7. The second-order valence-electron chi connectivity index (χ2n) is 3.15. The Morgan fingerprint density at radius 1 is 1.12 bits per heavy atom. The Hall–Kier alpha value is -1.91. The van der Waals surface area contributed by atoms with E-state index in [9.17, 15) is 9.59 Å². The average Bonchev–Trinajstić information content (AvgIpc) is 2.30. The summed E-state index contributed by atoms with van der Waals surface area (Å²) < 4.78 is 0. The van der Waals surface area contributed by atoms with Crippen molar-refractivity contribution in [2.75, 3.05) is 13.1 Å². The molecule has 2 N–H and O–H groups in total. The number of carbonyl (C=O) groups excluding carboxylic acids is 2. The fourth-order valence-electron chi connectivity index (χ4n) is 1.18. The van der Waals surface area contributed by atoms with Gasteiger partial charge in [0, 0.05) is 19.3 Å². The molecule has 2 amide bonds. The van der Waals surface area contributed by atoms with Crippen molar-refractivity contribution >= 4 is 11.8 Å². The zero-order valence-corrected chi connectivity index (χ0v) is 9.41. The largest absolute Gasteiger partial charge is 0.352 e. The topological polar surface area (TPSA) is 71.1 Å². The molecule has 16 heavy (non-hydrogen) atoms. The summed E-state index contributed by atoms with van der Waals surface area (Å²) in [5.74, 6) is -0.414. The molecule has 0 spiro atoms. The molecule has 1 heterocycles. The van der Waals surface area contributed by atoms with E-state index in [0.29, 0.717) is 24.3 Å². The first-order valence-corrected chi connectivity index (χ1v) is 5.21. The molecule has 0 aliphatic heterocycles. The van der Waals surface area contributed by atoms with Gasteiger partial charge in [-0.3, -0.25) is 14.6 Å². The van der Waals surface area contributed by atoms with Gasteiger partial charge in [-0.25, -0.2) is 0 Å². The van der Waals surface area contributed by atoms with Crippen molar-refractivity contribution in [3.8, 4) is 0 Å². The molecule has 0 saturated carbocycles. The van der Waals surface area contributed by atoms with Gasteiger partial charge in [0.05, 0.1) is 5.56 Å². The molecule has 0 aromatic carbocycles. The third kappa shape index (κ3) is 3.05. The van der Waals surface area contributed by atoms with Crippen LogP contribution in [0.25, 0.3) is 0 Å². The minimum atomic E-state index is -0.232. The number of carbonyl (C=O) groups is 2. The normalized spacial score (nSPS) is 9.62. The number of nitrogens with zero attached hydrogens (tertiary/aromatic N) is 1. The number of pyridine rings is 1. The van der Waals surface area contributed by atoms with Crippen LogP contribution in [-0.2, 0) is 0 Å². The highest BCUT2D eigenvalue weighted by Crippen LogP contribution is 2.00. The predicted octanol–water partition coefficient (Wildman–Crippen LogP) is 0.581. The molecule has 0 radical (unpaired) electrons. The molecule has 0 fully saturated rings. The van der Waals surface area contributed by atoms with E-state index in [0.717, 1.165) is 0 Å². The maximum absolute atomic E-state index is 11.4. The first-order valence-electron chi connectivity index (χ1n) is 5.21. The molecule has 0 atom stereocenters. The molecule has 0 bridgehead atoms. The lowest BCUT2D eigenvalue weighted by atomic mass is 10.2. The molecule has 1 aromatic heterocycles. The van der Waals surface area contributed by atoms with Crippen LogP contribution in [0.2, 0.25) is 0 Å². The van der Waals surface area contributed by atoms with Gasteiger partial charge in [0.15, 0.2) is 0 Å². The third-order valence-electron chi connectivity index (χ3n) is 1.93. The fraction of sp³-hybridized carbons (Fsp3) is 0.364. The number of hydrogen-bond donors (Lipinski definition) is 2. The summed E-state index contributed by atoms with van der Waals surface area (Å²) in [7, 11) is 0. The van der Waals surface area contributed by atoms with Crippen LogP contribution in [0, 0.1) is 0 Å². The van der Waals surface area contributed by atoms with Gasteiger partial charge in [0.2, 0.25) is 0 Å². The van der Waals surface area contributed by atoms with E-state index in [2.05, 4.69) is 15.6 Å². The summed E-state index contributed by atoms with van der Waals surface area (Å²) in [5.41, 5.74) is 0.768. The number of hydrogen-bond acceptors (Lipinski definition) is 3. The van der Waals surface area contributed by atoms with Gasteiger partial charge in [-0.2, -0.15) is 0 Å². The van der Waals surface area contributed by atoms with Gasteiger partial charge in [0.25, 0.3) is 11.8 Å². The third-order valence-corrected chi connectivity index (χ3v) is 1.93. The van der Waals surface area contributed by atoms with Gasteiger partial charge in [0.1, 0.15) is 5.69 Å². The second-order valence-corrected chi connectivity index (χ2v) is 3.15. The first kappa shape index (κ1) is 12.2. The van der Waals surface area contributed by atoms with E-state index < -0.39 is 0 Å². The highest BCUT2D eigenvalue weighted by Gasteiger charge is 2.08. The minimum Gasteiger partial charge on any atom is -0.352 e. The zero-order chi connectivity index (χ0) is 12.0. The maximum atomic E-state index is 11.4. The number of amides is 2. The number of rotatable bonds is 4. The SMILES string of the molecule is CCNC(=O)c1ccc(C(=O)NCC)nc1. The van der Waals surface area contributed by atoms with Gasteiger partial charge in [-0.05, 0) is 26.0 Å². The van der Waals surface area contributed by atoms with Gasteiger partial charge in [-0.15, -0.1) is 0 Å². The summed E-state index contributed by atoms with van der Waals surface area (Å²) in [5, 5.41) is 5.29. The monoisotopic (exact) mass is 221 g/mol. The minimum absolute atomic E-state index is 0.183. The Balaban J connectivity index is 2.75. The average molecular weight is 221 g/mol. The van der Waals surface area contributed by atoms with E-state index in [1.165, 1.54) is 12.3 Å². The summed E-state index contributed by atoms with van der Waals surface area (Å²) in [6.07, 6.45) is 1.40. The highest BCUT2D eigenvalue weighted by molar-refractivity contribution is 5.96. The standard InChI is InChI=1S/C11H15N3O2/c1-3-12-10(15)8-5-6-9(14-7-8)11(16)13-4-2/h5-7H,3-4H2,1-2H3,(H,12,15)(H,13,16). The molecule has 0 saturated heterocycles. The van der Waals surface area contributed by atoms with Crippen molar-refractivity contribution in [1.29, 1.82) is 0 Å². The Morgan fingerprint density at radius 3 is 2.25 bits per heavy atom. The lowest BCUT2D eigenvalue weighted by Crippen LogP contribution is -2.25. The van der Waals surface area contributed by atoms with Crippen LogP contribution in [0.5, 0.6) is 0 Å². The zero-order valence-electron chi connectivity index (χ0n) is 9.41. The van der Waals surface area contributed by atoms with Crippen LogP contribution < -0.4 is 10.6 Å². The maximum Gasteiger partial charge on any atom is 0.269 e. The molecule has 0 aliphatic rings. The molecule has 1 rings (SSSR count). The van der Waals surface area contributed by atoms with Crippen LogP contribution in [0.4, 0.5) is 0 Å². The lowest BCUT2D eigenvalue weighted by molar-refractivity contribution is 0.0939. The molecular formula is C11H15N3O2.